The maximum absolute atomic E-state index is 13.4. The molecular formula is C33H41N5O4S. The van der Waals surface area contributed by atoms with E-state index in [4.69, 9.17) is 0 Å². The summed E-state index contributed by atoms with van der Waals surface area (Å²) in [7, 11) is -3.70. The SMILES string of the molecule is Cc1cc(C)c(S(=O)(=O)N[C@@H](C)CNc2cc(C)cc3c2cnn3-c2cccc(C(=O)N3CCCCC3CO)c2)c(C)c1. The summed E-state index contributed by atoms with van der Waals surface area (Å²) < 4.78 is 31.2. The number of aromatic nitrogens is 2. The van der Waals surface area contributed by atoms with E-state index in [1.54, 1.807) is 17.2 Å². The molecule has 4 aromatic rings. The minimum atomic E-state index is -3.70. The summed E-state index contributed by atoms with van der Waals surface area (Å²) in [6.07, 6.45) is 4.55. The Morgan fingerprint density at radius 2 is 1.77 bits per heavy atom. The lowest BCUT2D eigenvalue weighted by Crippen LogP contribution is -2.45. The number of rotatable bonds is 9. The number of benzene rings is 3. The molecule has 1 fully saturated rings. The third kappa shape index (κ3) is 6.46. The van der Waals surface area contributed by atoms with Crippen LogP contribution in [0, 0.1) is 27.7 Å². The number of hydrogen-bond acceptors (Lipinski definition) is 6. The second-order valence-electron chi connectivity index (χ2n) is 11.8. The first-order valence-corrected chi connectivity index (χ1v) is 16.3. The van der Waals surface area contributed by atoms with Gasteiger partial charge < -0.3 is 15.3 Å². The zero-order chi connectivity index (χ0) is 30.9. The van der Waals surface area contributed by atoms with Crippen molar-refractivity contribution in [2.24, 2.45) is 0 Å². The molecule has 0 aliphatic carbocycles. The Kier molecular flexibility index (Phi) is 8.91. The molecule has 2 heterocycles. The van der Waals surface area contributed by atoms with E-state index in [-0.39, 0.29) is 24.6 Å². The van der Waals surface area contributed by atoms with Gasteiger partial charge in [0, 0.05) is 35.8 Å². The first kappa shape index (κ1) is 30.7. The number of aryl methyl sites for hydroxylation is 4. The van der Waals surface area contributed by atoms with E-state index in [1.807, 2.05) is 81.8 Å². The van der Waals surface area contributed by atoms with Crippen LogP contribution in [-0.4, -0.2) is 65.9 Å². The van der Waals surface area contributed by atoms with E-state index in [9.17, 15) is 18.3 Å². The smallest absolute Gasteiger partial charge is 0.254 e. The normalized spacial score (nSPS) is 16.4. The van der Waals surface area contributed by atoms with Crippen molar-refractivity contribution in [3.63, 3.8) is 0 Å². The lowest BCUT2D eigenvalue weighted by Gasteiger charge is -2.34. The molecule has 1 unspecified atom stereocenters. The van der Waals surface area contributed by atoms with Gasteiger partial charge in [-0.3, -0.25) is 4.79 Å². The van der Waals surface area contributed by atoms with Crippen LogP contribution in [0.25, 0.3) is 16.6 Å². The van der Waals surface area contributed by atoms with Crippen molar-refractivity contribution in [1.29, 1.82) is 0 Å². The Labute approximate surface area is 254 Å². The number of nitrogens with zero attached hydrogens (tertiary/aromatic N) is 3. The van der Waals surface area contributed by atoms with Crippen LogP contribution in [0.1, 0.15) is 58.8 Å². The Balaban J connectivity index is 1.36. The van der Waals surface area contributed by atoms with Gasteiger partial charge in [0.2, 0.25) is 10.0 Å². The molecule has 0 saturated carbocycles. The zero-order valence-electron chi connectivity index (χ0n) is 25.5. The molecule has 5 rings (SSSR count). The number of likely N-dealkylation sites (tertiary alicyclic amines) is 1. The Morgan fingerprint density at radius 1 is 1.05 bits per heavy atom. The van der Waals surface area contributed by atoms with E-state index in [0.717, 1.165) is 63.8 Å². The number of carbonyl (C=O) groups is 1. The summed E-state index contributed by atoms with van der Waals surface area (Å²) in [5, 5.41) is 18.8. The molecule has 10 heteroatoms. The van der Waals surface area contributed by atoms with E-state index in [2.05, 4.69) is 15.1 Å². The van der Waals surface area contributed by atoms with Crippen molar-refractivity contribution in [3.05, 3.63) is 82.5 Å². The van der Waals surface area contributed by atoms with Gasteiger partial charge in [-0.25, -0.2) is 17.8 Å². The van der Waals surface area contributed by atoms with Crippen LogP contribution in [-0.2, 0) is 10.0 Å². The fraction of sp³-hybridized carbons (Fsp3) is 0.394. The van der Waals surface area contributed by atoms with Crippen LogP contribution >= 0.6 is 0 Å². The van der Waals surface area contributed by atoms with Gasteiger partial charge in [-0.05, 0) is 101 Å². The van der Waals surface area contributed by atoms with Gasteiger partial charge in [-0.1, -0.05) is 23.8 Å². The van der Waals surface area contributed by atoms with E-state index in [0.29, 0.717) is 23.5 Å². The Bertz CT molecular complexity index is 1740. The number of aliphatic hydroxyl groups excluding tert-OH is 1. The largest absolute Gasteiger partial charge is 0.394 e. The Morgan fingerprint density at radius 3 is 2.49 bits per heavy atom. The number of sulfonamides is 1. The fourth-order valence-electron chi connectivity index (χ4n) is 6.23. The van der Waals surface area contributed by atoms with Crippen molar-refractivity contribution in [3.8, 4) is 5.69 Å². The molecule has 0 bridgehead atoms. The molecule has 0 radical (unpaired) electrons. The molecular weight excluding hydrogens is 562 g/mol. The third-order valence-electron chi connectivity index (χ3n) is 8.10. The first-order valence-electron chi connectivity index (χ1n) is 14.8. The summed E-state index contributed by atoms with van der Waals surface area (Å²) >= 11 is 0. The summed E-state index contributed by atoms with van der Waals surface area (Å²) in [5.41, 5.74) is 6.55. The summed E-state index contributed by atoms with van der Waals surface area (Å²) in [6.45, 7) is 10.4. The summed E-state index contributed by atoms with van der Waals surface area (Å²) in [6, 6.07) is 14.7. The van der Waals surface area contributed by atoms with Crippen LogP contribution < -0.4 is 10.0 Å². The highest BCUT2D eigenvalue weighted by molar-refractivity contribution is 7.89. The molecule has 3 aromatic carbocycles. The predicted octanol–water partition coefficient (Wildman–Crippen LogP) is 5.03. The monoisotopic (exact) mass is 603 g/mol. The first-order chi connectivity index (χ1) is 20.5. The van der Waals surface area contributed by atoms with Crippen LogP contribution in [0.3, 0.4) is 0 Å². The average molecular weight is 604 g/mol. The second-order valence-corrected chi connectivity index (χ2v) is 13.5. The average Bonchev–Trinajstić information content (AvgIpc) is 3.38. The minimum Gasteiger partial charge on any atom is -0.394 e. The molecule has 3 N–H and O–H groups in total. The zero-order valence-corrected chi connectivity index (χ0v) is 26.3. The van der Waals surface area contributed by atoms with E-state index < -0.39 is 10.0 Å². The highest BCUT2D eigenvalue weighted by atomic mass is 32.2. The minimum absolute atomic E-state index is 0.0322. The van der Waals surface area contributed by atoms with Crippen LogP contribution in [0.15, 0.2) is 59.6 Å². The van der Waals surface area contributed by atoms with Gasteiger partial charge in [-0.15, -0.1) is 0 Å². The highest BCUT2D eigenvalue weighted by Crippen LogP contribution is 2.29. The van der Waals surface area contributed by atoms with Gasteiger partial charge >= 0.3 is 0 Å². The molecule has 1 aliphatic rings. The number of fused-ring (bicyclic) bond motifs is 1. The Hall–Kier alpha value is -3.73. The van der Waals surface area contributed by atoms with Crippen molar-refractivity contribution in [2.45, 2.75) is 70.9 Å². The van der Waals surface area contributed by atoms with Crippen LogP contribution in [0.2, 0.25) is 0 Å². The standard InChI is InChI=1S/C33H41N5O4S/c1-21-13-23(3)32(24(4)14-21)43(41,42)36-25(5)18-34-30-15-22(2)16-31-29(30)19-35-38(31)27-11-8-9-26(17-27)33(40)37-12-7-6-10-28(37)20-39/h8-9,11,13-17,19,25,28,34,36,39H,6-7,10,12,18,20H2,1-5H3/t25-,28?/m0/s1. The lowest BCUT2D eigenvalue weighted by molar-refractivity contribution is 0.0503. The molecule has 1 aromatic heterocycles. The van der Waals surface area contributed by atoms with Gasteiger partial charge in [0.1, 0.15) is 0 Å². The van der Waals surface area contributed by atoms with Crippen LogP contribution in [0.5, 0.6) is 0 Å². The number of amides is 1. The van der Waals surface area contributed by atoms with Crippen LogP contribution in [0.4, 0.5) is 5.69 Å². The molecule has 228 valence electrons. The highest BCUT2D eigenvalue weighted by Gasteiger charge is 2.27. The molecule has 1 saturated heterocycles. The topological polar surface area (TPSA) is 117 Å². The molecule has 43 heavy (non-hydrogen) atoms. The van der Waals surface area contributed by atoms with Crippen molar-refractivity contribution < 1.29 is 18.3 Å². The molecule has 0 spiro atoms. The van der Waals surface area contributed by atoms with Gasteiger partial charge in [0.05, 0.1) is 34.9 Å². The summed E-state index contributed by atoms with van der Waals surface area (Å²) in [5.74, 6) is -0.0805. The van der Waals surface area contributed by atoms with Crippen molar-refractivity contribution in [2.75, 3.05) is 25.0 Å². The summed E-state index contributed by atoms with van der Waals surface area (Å²) in [4.78, 5) is 15.5. The third-order valence-corrected chi connectivity index (χ3v) is 9.99. The number of nitrogens with one attached hydrogen (secondary N) is 2. The number of hydrogen-bond donors (Lipinski definition) is 3. The van der Waals surface area contributed by atoms with Gasteiger partial charge in [0.25, 0.3) is 5.91 Å². The molecule has 1 amide bonds. The molecule has 1 aliphatic heterocycles. The maximum atomic E-state index is 13.4. The fourth-order valence-corrected chi connectivity index (χ4v) is 7.93. The number of anilines is 1. The quantitative estimate of drug-likeness (QED) is 0.247. The van der Waals surface area contributed by atoms with Crippen molar-refractivity contribution in [1.82, 2.24) is 19.4 Å². The number of piperidine rings is 1. The van der Waals surface area contributed by atoms with E-state index >= 15 is 0 Å². The van der Waals surface area contributed by atoms with E-state index in [1.165, 1.54) is 0 Å². The number of aliphatic hydroxyl groups is 1. The van der Waals surface area contributed by atoms with Crippen molar-refractivity contribution >= 4 is 32.5 Å². The number of carbonyl (C=O) groups excluding carboxylic acids is 1. The maximum Gasteiger partial charge on any atom is 0.254 e. The molecule has 9 nitrogen and oxygen atoms in total. The lowest BCUT2D eigenvalue weighted by atomic mass is 10.0. The predicted molar refractivity (Wildman–Crippen MR) is 170 cm³/mol. The van der Waals surface area contributed by atoms with Gasteiger partial charge in [-0.2, -0.15) is 5.10 Å². The molecule has 2 atom stereocenters. The van der Waals surface area contributed by atoms with Gasteiger partial charge in [0.15, 0.2) is 0 Å². The second kappa shape index (κ2) is 12.5.